The fraction of sp³-hybridized carbons (Fsp3) is 0.400. The van der Waals surface area contributed by atoms with Gasteiger partial charge in [0.2, 0.25) is 5.91 Å². The molecule has 0 bridgehead atoms. The number of amides is 1. The summed E-state index contributed by atoms with van der Waals surface area (Å²) in [4.78, 5) is 11.5. The SMILES string of the molecule is CCCNC(=O)CSc1nnc(SCCOc2ccccc2)s1. The predicted molar refractivity (Wildman–Crippen MR) is 96.6 cm³/mol. The smallest absolute Gasteiger partial charge is 0.230 e. The molecule has 23 heavy (non-hydrogen) atoms. The second-order valence-corrected chi connectivity index (χ2v) is 8.02. The van der Waals surface area contributed by atoms with E-state index in [4.69, 9.17) is 4.74 Å². The van der Waals surface area contributed by atoms with E-state index in [2.05, 4.69) is 15.5 Å². The Morgan fingerprint density at radius 3 is 2.70 bits per heavy atom. The molecule has 1 aromatic heterocycles. The van der Waals surface area contributed by atoms with Crippen LogP contribution in [0.2, 0.25) is 0 Å². The molecule has 0 aliphatic carbocycles. The molecule has 1 aromatic carbocycles. The van der Waals surface area contributed by atoms with Crippen LogP contribution >= 0.6 is 34.9 Å². The number of nitrogens with zero attached hydrogens (tertiary/aromatic N) is 2. The summed E-state index contributed by atoms with van der Waals surface area (Å²) in [5.74, 6) is 2.11. The lowest BCUT2D eigenvalue weighted by atomic mass is 10.3. The van der Waals surface area contributed by atoms with Crippen LogP contribution in [0.3, 0.4) is 0 Å². The van der Waals surface area contributed by atoms with Gasteiger partial charge in [-0.1, -0.05) is 60.0 Å². The lowest BCUT2D eigenvalue weighted by Crippen LogP contribution is -2.25. The number of carbonyl (C=O) groups is 1. The predicted octanol–water partition coefficient (Wildman–Crippen LogP) is 3.33. The second-order valence-electron chi connectivity index (χ2n) is 4.48. The van der Waals surface area contributed by atoms with Gasteiger partial charge >= 0.3 is 0 Å². The van der Waals surface area contributed by atoms with Crippen molar-refractivity contribution >= 4 is 40.8 Å². The molecule has 0 radical (unpaired) electrons. The van der Waals surface area contributed by atoms with Gasteiger partial charge in [0.15, 0.2) is 8.68 Å². The van der Waals surface area contributed by atoms with Crippen molar-refractivity contribution in [2.45, 2.75) is 22.0 Å². The van der Waals surface area contributed by atoms with E-state index in [0.29, 0.717) is 12.4 Å². The number of thioether (sulfide) groups is 2. The Morgan fingerprint density at radius 2 is 1.96 bits per heavy atom. The molecule has 1 heterocycles. The van der Waals surface area contributed by atoms with Gasteiger partial charge in [0.05, 0.1) is 12.4 Å². The third kappa shape index (κ3) is 7.24. The minimum absolute atomic E-state index is 0.0394. The van der Waals surface area contributed by atoms with Gasteiger partial charge in [0.1, 0.15) is 5.75 Å². The largest absolute Gasteiger partial charge is 0.493 e. The number of para-hydroxylation sites is 1. The molecule has 0 unspecified atom stereocenters. The number of benzene rings is 1. The zero-order valence-electron chi connectivity index (χ0n) is 12.9. The van der Waals surface area contributed by atoms with Gasteiger partial charge in [-0.25, -0.2) is 0 Å². The molecule has 1 N–H and O–H groups in total. The molecule has 0 aliphatic rings. The molecule has 1 amide bonds. The van der Waals surface area contributed by atoms with Crippen molar-refractivity contribution in [1.82, 2.24) is 15.5 Å². The maximum absolute atomic E-state index is 11.5. The summed E-state index contributed by atoms with van der Waals surface area (Å²) in [5, 5.41) is 11.1. The number of carbonyl (C=O) groups excluding carboxylic acids is 1. The average molecular weight is 370 g/mol. The monoisotopic (exact) mass is 369 g/mol. The summed E-state index contributed by atoms with van der Waals surface area (Å²) in [6, 6.07) is 9.74. The van der Waals surface area contributed by atoms with Gasteiger partial charge in [0.25, 0.3) is 0 Å². The first-order valence-electron chi connectivity index (χ1n) is 7.31. The molecule has 0 saturated carbocycles. The Bertz CT molecular complexity index is 593. The van der Waals surface area contributed by atoms with E-state index >= 15 is 0 Å². The Labute approximate surface area is 148 Å². The number of nitrogens with one attached hydrogen (secondary N) is 1. The standard InChI is InChI=1S/C15H19N3O2S3/c1-2-8-16-13(19)11-22-15-18-17-14(23-15)21-10-9-20-12-6-4-3-5-7-12/h3-7H,2,8-11H2,1H3,(H,16,19). The van der Waals surface area contributed by atoms with Crippen molar-refractivity contribution in [2.75, 3.05) is 24.7 Å². The average Bonchev–Trinajstić information content (AvgIpc) is 3.04. The summed E-state index contributed by atoms with van der Waals surface area (Å²) in [6.45, 7) is 3.37. The van der Waals surface area contributed by atoms with Gasteiger partial charge in [-0.2, -0.15) is 0 Å². The summed E-state index contributed by atoms with van der Waals surface area (Å²) in [7, 11) is 0. The zero-order chi connectivity index (χ0) is 16.3. The highest BCUT2D eigenvalue weighted by Crippen LogP contribution is 2.28. The van der Waals surface area contributed by atoms with Gasteiger partial charge in [-0.05, 0) is 18.6 Å². The van der Waals surface area contributed by atoms with E-state index < -0.39 is 0 Å². The molecular weight excluding hydrogens is 350 g/mol. The quantitative estimate of drug-likeness (QED) is 0.512. The Kier molecular flexibility index (Phi) is 8.27. The maximum atomic E-state index is 11.5. The van der Waals surface area contributed by atoms with Crippen molar-refractivity contribution in [2.24, 2.45) is 0 Å². The van der Waals surface area contributed by atoms with Gasteiger partial charge in [0, 0.05) is 12.3 Å². The minimum Gasteiger partial charge on any atom is -0.493 e. The summed E-state index contributed by atoms with van der Waals surface area (Å²) in [6.07, 6.45) is 0.945. The summed E-state index contributed by atoms with van der Waals surface area (Å²) < 4.78 is 7.35. The highest BCUT2D eigenvalue weighted by Gasteiger charge is 2.08. The molecule has 0 atom stereocenters. The molecular formula is C15H19N3O2S3. The van der Waals surface area contributed by atoms with Crippen LogP contribution in [0.15, 0.2) is 39.0 Å². The lowest BCUT2D eigenvalue weighted by molar-refractivity contribution is -0.118. The van der Waals surface area contributed by atoms with Crippen LogP contribution in [0.1, 0.15) is 13.3 Å². The number of hydrogen-bond donors (Lipinski definition) is 1. The normalized spacial score (nSPS) is 10.5. The van der Waals surface area contributed by atoms with Crippen LogP contribution in [0.25, 0.3) is 0 Å². The molecule has 2 aromatic rings. The fourth-order valence-corrected chi connectivity index (χ4v) is 4.30. The van der Waals surface area contributed by atoms with Gasteiger partial charge in [-0.3, -0.25) is 4.79 Å². The number of hydrogen-bond acceptors (Lipinski definition) is 7. The topological polar surface area (TPSA) is 64.1 Å². The molecule has 0 fully saturated rings. The van der Waals surface area contributed by atoms with E-state index in [1.165, 1.54) is 23.1 Å². The highest BCUT2D eigenvalue weighted by molar-refractivity contribution is 8.03. The Morgan fingerprint density at radius 1 is 1.22 bits per heavy atom. The lowest BCUT2D eigenvalue weighted by Gasteiger charge is -2.03. The molecule has 8 heteroatoms. The van der Waals surface area contributed by atoms with Crippen LogP contribution in [0, 0.1) is 0 Å². The van der Waals surface area contributed by atoms with Gasteiger partial charge in [-0.15, -0.1) is 10.2 Å². The van der Waals surface area contributed by atoms with Gasteiger partial charge < -0.3 is 10.1 Å². The van der Waals surface area contributed by atoms with E-state index in [1.54, 1.807) is 11.8 Å². The van der Waals surface area contributed by atoms with E-state index in [0.717, 1.165) is 33.1 Å². The van der Waals surface area contributed by atoms with Crippen LogP contribution in [0.5, 0.6) is 5.75 Å². The molecule has 0 saturated heterocycles. The third-order valence-electron chi connectivity index (χ3n) is 2.61. The van der Waals surface area contributed by atoms with Crippen LogP contribution in [-0.2, 0) is 4.79 Å². The Balaban J connectivity index is 1.63. The van der Waals surface area contributed by atoms with Crippen LogP contribution < -0.4 is 10.1 Å². The van der Waals surface area contributed by atoms with Crippen molar-refractivity contribution in [3.05, 3.63) is 30.3 Å². The first-order chi connectivity index (χ1) is 11.3. The van der Waals surface area contributed by atoms with Crippen molar-refractivity contribution < 1.29 is 9.53 Å². The molecule has 0 aliphatic heterocycles. The fourth-order valence-electron chi connectivity index (χ4n) is 1.56. The summed E-state index contributed by atoms with van der Waals surface area (Å²) >= 11 is 4.55. The minimum atomic E-state index is 0.0394. The number of aromatic nitrogens is 2. The van der Waals surface area contributed by atoms with Crippen molar-refractivity contribution in [1.29, 1.82) is 0 Å². The number of rotatable bonds is 10. The maximum Gasteiger partial charge on any atom is 0.230 e. The highest BCUT2D eigenvalue weighted by atomic mass is 32.2. The molecule has 124 valence electrons. The summed E-state index contributed by atoms with van der Waals surface area (Å²) in [5.41, 5.74) is 0. The van der Waals surface area contributed by atoms with Crippen molar-refractivity contribution in [3.63, 3.8) is 0 Å². The Hall–Kier alpha value is -1.25. The number of ether oxygens (including phenoxy) is 1. The molecule has 5 nitrogen and oxygen atoms in total. The van der Waals surface area contributed by atoms with E-state index in [9.17, 15) is 4.79 Å². The van der Waals surface area contributed by atoms with Crippen LogP contribution in [0.4, 0.5) is 0 Å². The molecule has 2 rings (SSSR count). The van der Waals surface area contributed by atoms with Crippen molar-refractivity contribution in [3.8, 4) is 5.75 Å². The first-order valence-corrected chi connectivity index (χ1v) is 10.1. The first kappa shape index (κ1) is 18.1. The van der Waals surface area contributed by atoms with E-state index in [-0.39, 0.29) is 5.91 Å². The van der Waals surface area contributed by atoms with E-state index in [1.807, 2.05) is 37.3 Å². The zero-order valence-corrected chi connectivity index (χ0v) is 15.3. The third-order valence-corrected chi connectivity index (χ3v) is 5.76. The van der Waals surface area contributed by atoms with Crippen LogP contribution in [-0.4, -0.2) is 40.8 Å². The second kappa shape index (κ2) is 10.5. The molecule has 0 spiro atoms.